The zero-order chi connectivity index (χ0) is 14.1. The average molecular weight is 281 g/mol. The van der Waals surface area contributed by atoms with Gasteiger partial charge in [-0.3, -0.25) is 4.79 Å². The number of hydrogen-bond donors (Lipinski definition) is 1. The number of hydrogen-bond acceptors (Lipinski definition) is 4. The highest BCUT2D eigenvalue weighted by atomic mass is 32.2. The second-order valence-electron chi connectivity index (χ2n) is 4.36. The maximum absolute atomic E-state index is 11.2. The van der Waals surface area contributed by atoms with E-state index in [9.17, 15) is 4.79 Å². The van der Waals surface area contributed by atoms with Gasteiger partial charge in [-0.25, -0.2) is 0 Å². The SMILES string of the molecule is CCOC(=O)CCCNC(C)c1ccc(SC)cc1. The van der Waals surface area contributed by atoms with E-state index in [-0.39, 0.29) is 5.97 Å². The van der Waals surface area contributed by atoms with Crippen molar-refractivity contribution in [1.29, 1.82) is 0 Å². The highest BCUT2D eigenvalue weighted by Gasteiger charge is 2.05. The summed E-state index contributed by atoms with van der Waals surface area (Å²) >= 11 is 1.75. The van der Waals surface area contributed by atoms with Crippen LogP contribution in [0.15, 0.2) is 29.2 Å². The second kappa shape index (κ2) is 8.99. The Balaban J connectivity index is 2.26. The Bertz CT molecular complexity index is 378. The van der Waals surface area contributed by atoms with E-state index in [1.54, 1.807) is 11.8 Å². The summed E-state index contributed by atoms with van der Waals surface area (Å²) in [6.45, 7) is 5.25. The minimum Gasteiger partial charge on any atom is -0.466 e. The van der Waals surface area contributed by atoms with E-state index >= 15 is 0 Å². The molecule has 106 valence electrons. The van der Waals surface area contributed by atoms with Crippen LogP contribution < -0.4 is 5.32 Å². The molecule has 0 saturated heterocycles. The van der Waals surface area contributed by atoms with Gasteiger partial charge in [0.2, 0.25) is 0 Å². The van der Waals surface area contributed by atoms with Crippen molar-refractivity contribution in [2.24, 2.45) is 0 Å². The van der Waals surface area contributed by atoms with Gasteiger partial charge in [-0.2, -0.15) is 0 Å². The molecular weight excluding hydrogens is 258 g/mol. The number of carbonyl (C=O) groups excluding carboxylic acids is 1. The van der Waals surface area contributed by atoms with Crippen molar-refractivity contribution in [2.45, 2.75) is 37.6 Å². The Labute approximate surface area is 120 Å². The third-order valence-electron chi connectivity index (χ3n) is 2.93. The number of nitrogens with one attached hydrogen (secondary N) is 1. The average Bonchev–Trinajstić information content (AvgIpc) is 2.44. The monoisotopic (exact) mass is 281 g/mol. The molecule has 0 aliphatic rings. The van der Waals surface area contributed by atoms with Crippen LogP contribution in [0.4, 0.5) is 0 Å². The highest BCUT2D eigenvalue weighted by Crippen LogP contribution is 2.18. The van der Waals surface area contributed by atoms with Crippen LogP contribution in [-0.4, -0.2) is 25.4 Å². The first kappa shape index (κ1) is 16.1. The lowest BCUT2D eigenvalue weighted by Crippen LogP contribution is -2.20. The Kier molecular flexibility index (Phi) is 7.60. The molecule has 1 rings (SSSR count). The van der Waals surface area contributed by atoms with Crippen LogP contribution in [0.2, 0.25) is 0 Å². The lowest BCUT2D eigenvalue weighted by molar-refractivity contribution is -0.143. The lowest BCUT2D eigenvalue weighted by Gasteiger charge is -2.14. The Morgan fingerprint density at radius 2 is 2.05 bits per heavy atom. The standard InChI is InChI=1S/C15H23NO2S/c1-4-18-15(17)6-5-11-16-12(2)13-7-9-14(19-3)10-8-13/h7-10,12,16H,4-6,11H2,1-3H3. The van der Waals surface area contributed by atoms with E-state index in [1.807, 2.05) is 6.92 Å². The van der Waals surface area contributed by atoms with E-state index < -0.39 is 0 Å². The van der Waals surface area contributed by atoms with Gasteiger partial charge >= 0.3 is 5.97 Å². The molecule has 0 aliphatic heterocycles. The third kappa shape index (κ3) is 6.12. The molecule has 1 N–H and O–H groups in total. The molecule has 0 aromatic heterocycles. The summed E-state index contributed by atoms with van der Waals surface area (Å²) < 4.78 is 4.89. The smallest absolute Gasteiger partial charge is 0.305 e. The summed E-state index contributed by atoms with van der Waals surface area (Å²) in [5.74, 6) is -0.110. The van der Waals surface area contributed by atoms with Gasteiger partial charge in [-0.15, -0.1) is 11.8 Å². The zero-order valence-corrected chi connectivity index (χ0v) is 12.8. The molecule has 1 aromatic rings. The Hall–Kier alpha value is -1.00. The first-order valence-corrected chi connectivity index (χ1v) is 7.92. The van der Waals surface area contributed by atoms with E-state index in [4.69, 9.17) is 4.74 Å². The number of benzene rings is 1. The van der Waals surface area contributed by atoms with Gasteiger partial charge in [0.25, 0.3) is 0 Å². The summed E-state index contributed by atoms with van der Waals surface area (Å²) in [6.07, 6.45) is 3.37. The van der Waals surface area contributed by atoms with Gasteiger partial charge in [-0.05, 0) is 50.8 Å². The largest absolute Gasteiger partial charge is 0.466 e. The van der Waals surface area contributed by atoms with Gasteiger partial charge in [0.1, 0.15) is 0 Å². The number of ether oxygens (including phenoxy) is 1. The summed E-state index contributed by atoms with van der Waals surface area (Å²) in [5.41, 5.74) is 1.27. The van der Waals surface area contributed by atoms with Crippen LogP contribution in [0.3, 0.4) is 0 Å². The van der Waals surface area contributed by atoms with Crippen LogP contribution in [0, 0.1) is 0 Å². The summed E-state index contributed by atoms with van der Waals surface area (Å²) in [5, 5.41) is 3.42. The van der Waals surface area contributed by atoms with Crippen LogP contribution in [0.1, 0.15) is 38.3 Å². The molecule has 1 atom stereocenters. The van der Waals surface area contributed by atoms with Gasteiger partial charge in [0.15, 0.2) is 0 Å². The fraction of sp³-hybridized carbons (Fsp3) is 0.533. The third-order valence-corrected chi connectivity index (χ3v) is 3.67. The molecule has 19 heavy (non-hydrogen) atoms. The van der Waals surface area contributed by atoms with E-state index in [1.165, 1.54) is 10.5 Å². The molecule has 0 heterocycles. The molecule has 4 heteroatoms. The molecule has 0 aliphatic carbocycles. The summed E-state index contributed by atoms with van der Waals surface area (Å²) in [4.78, 5) is 12.5. The number of thioether (sulfide) groups is 1. The Morgan fingerprint density at radius 3 is 2.63 bits per heavy atom. The molecule has 0 saturated carbocycles. The first-order chi connectivity index (χ1) is 9.17. The summed E-state index contributed by atoms with van der Waals surface area (Å²) in [6, 6.07) is 8.87. The molecule has 0 radical (unpaired) electrons. The van der Waals surface area contributed by atoms with E-state index in [0.29, 0.717) is 19.1 Å². The van der Waals surface area contributed by atoms with Crippen molar-refractivity contribution in [1.82, 2.24) is 5.32 Å². The van der Waals surface area contributed by atoms with Crippen LogP contribution >= 0.6 is 11.8 Å². The molecule has 0 spiro atoms. The van der Waals surface area contributed by atoms with E-state index in [2.05, 4.69) is 42.8 Å². The van der Waals surface area contributed by atoms with Crippen molar-refractivity contribution in [2.75, 3.05) is 19.4 Å². The zero-order valence-electron chi connectivity index (χ0n) is 11.9. The van der Waals surface area contributed by atoms with Gasteiger partial charge in [0, 0.05) is 17.4 Å². The number of rotatable bonds is 8. The quantitative estimate of drug-likeness (QED) is 0.450. The molecule has 0 amide bonds. The van der Waals surface area contributed by atoms with Crippen molar-refractivity contribution < 1.29 is 9.53 Å². The minimum atomic E-state index is -0.110. The molecule has 1 aromatic carbocycles. The van der Waals surface area contributed by atoms with Crippen molar-refractivity contribution >= 4 is 17.7 Å². The van der Waals surface area contributed by atoms with Crippen molar-refractivity contribution in [3.05, 3.63) is 29.8 Å². The number of esters is 1. The highest BCUT2D eigenvalue weighted by molar-refractivity contribution is 7.98. The van der Waals surface area contributed by atoms with Gasteiger partial charge < -0.3 is 10.1 Å². The maximum atomic E-state index is 11.2. The molecule has 0 bridgehead atoms. The summed E-state index contributed by atoms with van der Waals surface area (Å²) in [7, 11) is 0. The fourth-order valence-corrected chi connectivity index (χ4v) is 2.20. The molecule has 3 nitrogen and oxygen atoms in total. The topological polar surface area (TPSA) is 38.3 Å². The van der Waals surface area contributed by atoms with Crippen LogP contribution in [0.5, 0.6) is 0 Å². The predicted octanol–water partition coefficient (Wildman–Crippen LogP) is 3.40. The second-order valence-corrected chi connectivity index (χ2v) is 5.24. The molecular formula is C15H23NO2S. The van der Waals surface area contributed by atoms with Crippen molar-refractivity contribution in [3.63, 3.8) is 0 Å². The van der Waals surface area contributed by atoms with Gasteiger partial charge in [0.05, 0.1) is 6.61 Å². The van der Waals surface area contributed by atoms with Crippen LogP contribution in [0.25, 0.3) is 0 Å². The Morgan fingerprint density at radius 1 is 1.37 bits per heavy atom. The van der Waals surface area contributed by atoms with Crippen molar-refractivity contribution in [3.8, 4) is 0 Å². The maximum Gasteiger partial charge on any atom is 0.305 e. The normalized spacial score (nSPS) is 12.2. The fourth-order valence-electron chi connectivity index (χ4n) is 1.79. The first-order valence-electron chi connectivity index (χ1n) is 6.70. The predicted molar refractivity (Wildman–Crippen MR) is 80.5 cm³/mol. The van der Waals surface area contributed by atoms with Crippen LogP contribution in [-0.2, 0) is 9.53 Å². The van der Waals surface area contributed by atoms with E-state index in [0.717, 1.165) is 13.0 Å². The molecule has 0 fully saturated rings. The number of carbonyl (C=O) groups is 1. The molecule has 1 unspecified atom stereocenters. The lowest BCUT2D eigenvalue weighted by atomic mass is 10.1. The minimum absolute atomic E-state index is 0.110. The van der Waals surface area contributed by atoms with Gasteiger partial charge in [-0.1, -0.05) is 12.1 Å².